The van der Waals surface area contributed by atoms with E-state index in [1.807, 2.05) is 26.8 Å². The van der Waals surface area contributed by atoms with Crippen LogP contribution < -0.4 is 15.0 Å². The van der Waals surface area contributed by atoms with Gasteiger partial charge >= 0.3 is 18.0 Å². The Balaban J connectivity index is 1.29. The number of carbonyl (C=O) groups is 7. The third-order valence-corrected chi connectivity index (χ3v) is 17.9. The number of nitrogens with one attached hydrogen (secondary N) is 1. The van der Waals surface area contributed by atoms with Crippen LogP contribution >= 0.6 is 33.2 Å². The number of methoxy groups -OCH3 is 2. The van der Waals surface area contributed by atoms with Crippen LogP contribution in [-0.4, -0.2) is 156 Å². The van der Waals surface area contributed by atoms with E-state index < -0.39 is 122 Å². The van der Waals surface area contributed by atoms with Gasteiger partial charge in [0.15, 0.2) is 11.0 Å². The number of carbonyl (C=O) groups excluding carboxylic acids is 7. The van der Waals surface area contributed by atoms with Crippen molar-refractivity contribution >= 4 is 90.7 Å². The standard InChI is InChI=1S/C46H63ClN4O17S3/c1-25-12-11-13-33(64-10)46(59)24-31(65-43(58)48-46)26(2)40-45(6,67-40)34(23-38(55)50(8)29-21-28(20-25)22-30(63-9)39(29)47)66-41(56)27(3)49(7)35(52)16-18-44(4,5)70-69-19-17-32(71(60,61)62)42(57)68-51-36(53)14-15-37(51)54/h11-13,21-22,26-27,31-34,40,59H,14-20,23-24H2,1-10H3,(H,48,58)(H,60,61,62)/b13-11+,25-12+/t26-,27+,31+,32?,33-,34+,40+,45+,46+/m1/s1. The second kappa shape index (κ2) is 23.2. The van der Waals surface area contributed by atoms with Crippen LogP contribution in [0.2, 0.25) is 5.02 Å². The maximum absolute atomic E-state index is 14.3. The number of anilines is 1. The molecule has 4 aliphatic heterocycles. The van der Waals surface area contributed by atoms with Crippen LogP contribution in [0, 0.1) is 5.92 Å². The van der Waals surface area contributed by atoms with Crippen LogP contribution in [-0.2, 0) is 69.1 Å². The number of likely N-dealkylation sites (N-methyl/N-ethyl adjacent to an activating group) is 1. The fourth-order valence-corrected chi connectivity index (χ4v) is 12.2. The van der Waals surface area contributed by atoms with Crippen LogP contribution in [0.15, 0.2) is 35.9 Å². The highest BCUT2D eigenvalue weighted by atomic mass is 35.5. The van der Waals surface area contributed by atoms with E-state index in [0.29, 0.717) is 17.9 Å². The molecule has 0 radical (unpaired) electrons. The zero-order chi connectivity index (χ0) is 53.0. The molecule has 0 spiro atoms. The van der Waals surface area contributed by atoms with Gasteiger partial charge < -0.3 is 43.4 Å². The zero-order valence-corrected chi connectivity index (χ0v) is 44.5. The number of hydrogen-bond acceptors (Lipinski definition) is 18. The number of hydroxylamine groups is 2. The predicted octanol–water partition coefficient (Wildman–Crippen LogP) is 4.71. The van der Waals surface area contributed by atoms with Crippen molar-refractivity contribution in [3.05, 3.63) is 46.5 Å². The molecule has 0 saturated carbocycles. The lowest BCUT2D eigenvalue weighted by Gasteiger charge is -2.42. The Morgan fingerprint density at radius 3 is 2.38 bits per heavy atom. The van der Waals surface area contributed by atoms with E-state index in [2.05, 4.69) is 5.32 Å². The largest absolute Gasteiger partial charge is 0.495 e. The second-order valence-electron chi connectivity index (χ2n) is 18.9. The molecule has 25 heteroatoms. The lowest BCUT2D eigenvalue weighted by atomic mass is 9.83. The minimum absolute atomic E-state index is 0.00994. The molecule has 4 heterocycles. The molecule has 1 aromatic rings. The zero-order valence-electron chi connectivity index (χ0n) is 41.3. The number of aliphatic hydroxyl groups is 1. The van der Waals surface area contributed by atoms with Gasteiger partial charge in [-0.2, -0.15) is 8.42 Å². The maximum Gasteiger partial charge on any atom is 0.409 e. The quantitative estimate of drug-likeness (QED) is 0.0505. The summed E-state index contributed by atoms with van der Waals surface area (Å²) in [7, 11) is 3.28. The molecule has 0 aliphatic carbocycles. The van der Waals surface area contributed by atoms with Gasteiger partial charge in [0, 0.05) is 63.3 Å². The summed E-state index contributed by atoms with van der Waals surface area (Å²) in [5.74, 6) is -5.17. The van der Waals surface area contributed by atoms with Crippen molar-refractivity contribution < 1.29 is 80.2 Å². The Morgan fingerprint density at radius 1 is 1.10 bits per heavy atom. The first kappa shape index (κ1) is 57.5. The van der Waals surface area contributed by atoms with Crippen LogP contribution in [0.25, 0.3) is 0 Å². The van der Waals surface area contributed by atoms with E-state index in [1.54, 1.807) is 38.1 Å². The lowest BCUT2D eigenvalue weighted by molar-refractivity contribution is -0.197. The first-order valence-electron chi connectivity index (χ1n) is 22.7. The molecule has 3 fully saturated rings. The summed E-state index contributed by atoms with van der Waals surface area (Å²) in [6.07, 6.45) is -0.390. The Hall–Kier alpha value is -4.43. The number of ether oxygens (including phenoxy) is 5. The molecule has 1 aromatic carbocycles. The highest BCUT2D eigenvalue weighted by molar-refractivity contribution is 8.77. The number of alkyl carbamates (subject to hydrolysis) is 1. The van der Waals surface area contributed by atoms with Crippen molar-refractivity contribution in [3.8, 4) is 5.75 Å². The Morgan fingerprint density at radius 2 is 1.76 bits per heavy atom. The average Bonchev–Trinajstić information content (AvgIpc) is 3.90. The molecule has 1 unspecified atom stereocenters. The van der Waals surface area contributed by atoms with Gasteiger partial charge in [0.05, 0.1) is 25.3 Å². The highest BCUT2D eigenvalue weighted by Crippen LogP contribution is 2.49. The summed E-state index contributed by atoms with van der Waals surface area (Å²) in [5.41, 5.74) is -1.27. The highest BCUT2D eigenvalue weighted by Gasteiger charge is 2.64. The number of esters is 1. The van der Waals surface area contributed by atoms with E-state index in [4.69, 9.17) is 40.1 Å². The summed E-state index contributed by atoms with van der Waals surface area (Å²) < 4.78 is 62.5. The molecule has 71 heavy (non-hydrogen) atoms. The van der Waals surface area contributed by atoms with Gasteiger partial charge in [-0.3, -0.25) is 29.0 Å². The van der Waals surface area contributed by atoms with Gasteiger partial charge in [-0.05, 0) is 71.6 Å². The minimum Gasteiger partial charge on any atom is -0.495 e. The molecule has 394 valence electrons. The first-order chi connectivity index (χ1) is 33.0. The van der Waals surface area contributed by atoms with Gasteiger partial charge in [0.25, 0.3) is 21.9 Å². The topological polar surface area (TPSA) is 275 Å². The van der Waals surface area contributed by atoms with Crippen molar-refractivity contribution in [2.24, 2.45) is 5.92 Å². The number of nitrogens with zero attached hydrogens (tertiary/aromatic N) is 3. The number of halogens is 1. The molecule has 3 saturated heterocycles. The van der Waals surface area contributed by atoms with Crippen molar-refractivity contribution in [1.29, 1.82) is 0 Å². The molecule has 0 aromatic heterocycles. The molecular weight excluding hydrogens is 1010 g/mol. The van der Waals surface area contributed by atoms with Crippen molar-refractivity contribution in [1.82, 2.24) is 15.3 Å². The Labute approximate surface area is 426 Å². The Bertz CT molecular complexity index is 2410. The second-order valence-corrected chi connectivity index (χ2v) is 24.0. The number of fused-ring (bicyclic) bond motifs is 5. The van der Waals surface area contributed by atoms with Gasteiger partial charge in [0.1, 0.15) is 40.7 Å². The fourth-order valence-electron chi connectivity index (χ4n) is 8.40. The van der Waals surface area contributed by atoms with Crippen molar-refractivity contribution in [3.63, 3.8) is 0 Å². The number of imide groups is 1. The van der Waals surface area contributed by atoms with Crippen LogP contribution in [0.5, 0.6) is 5.75 Å². The molecule has 5 rings (SSSR count). The van der Waals surface area contributed by atoms with E-state index in [9.17, 15) is 51.6 Å². The summed E-state index contributed by atoms with van der Waals surface area (Å²) in [6.45, 7) is 10.4. The SMILES string of the molecule is COc1cc2cc(c1Cl)N(C)C(=O)C[C@H](OC(=O)[C@H](C)N(C)C(=O)CCC(C)(C)SSCCC(C(=O)ON1C(=O)CCC1=O)S(=O)(=O)O)[C@]1(C)O[C@H]1[C@H](C)[C@@H]1C[C@@](O)(NC(=O)O1)[C@H](OC)/C=C/C=C(\C)C2. The van der Waals surface area contributed by atoms with Gasteiger partial charge in [-0.1, -0.05) is 63.9 Å². The Kier molecular flexibility index (Phi) is 18.8. The molecule has 4 aliphatic rings. The monoisotopic (exact) mass is 1070 g/mol. The number of allylic oxidation sites excluding steroid dienone is 3. The van der Waals surface area contributed by atoms with Gasteiger partial charge in [-0.25, -0.2) is 14.4 Å². The van der Waals surface area contributed by atoms with E-state index >= 15 is 0 Å². The third-order valence-electron chi connectivity index (χ3n) is 13.0. The summed E-state index contributed by atoms with van der Waals surface area (Å²) in [4.78, 5) is 98.6. The normalized spacial score (nSPS) is 28.4. The van der Waals surface area contributed by atoms with Crippen LogP contribution in [0.4, 0.5) is 10.5 Å². The smallest absolute Gasteiger partial charge is 0.409 e. The maximum atomic E-state index is 14.3. The van der Waals surface area contributed by atoms with E-state index in [0.717, 1.165) is 21.9 Å². The number of amides is 5. The molecule has 4 bridgehead atoms. The number of benzene rings is 1. The average molecular weight is 1080 g/mol. The van der Waals surface area contributed by atoms with Crippen molar-refractivity contribution in [2.75, 3.05) is 39.0 Å². The summed E-state index contributed by atoms with van der Waals surface area (Å²) in [5, 5.41) is 12.6. The van der Waals surface area contributed by atoms with Crippen LogP contribution in [0.1, 0.15) is 92.1 Å². The third kappa shape index (κ3) is 14.0. The fraction of sp³-hybridized carbons (Fsp3) is 0.630. The number of hydrogen-bond donors (Lipinski definition) is 3. The number of rotatable bonds is 16. The van der Waals surface area contributed by atoms with Crippen LogP contribution in [0.3, 0.4) is 0 Å². The molecule has 5 amide bonds. The summed E-state index contributed by atoms with van der Waals surface area (Å²) >= 11 is 6.80. The summed E-state index contributed by atoms with van der Waals surface area (Å²) in [6, 6.07) is 2.34. The van der Waals surface area contributed by atoms with E-state index in [-0.39, 0.29) is 47.9 Å². The first-order valence-corrected chi connectivity index (χ1v) is 26.9. The molecule has 21 nitrogen and oxygen atoms in total. The minimum atomic E-state index is -4.97. The lowest BCUT2D eigenvalue weighted by Crippen LogP contribution is -2.63. The van der Waals surface area contributed by atoms with Gasteiger partial charge in [0.2, 0.25) is 11.8 Å². The van der Waals surface area contributed by atoms with E-state index in [1.165, 1.54) is 55.8 Å². The van der Waals surface area contributed by atoms with Crippen molar-refractivity contribution in [2.45, 2.75) is 145 Å². The van der Waals surface area contributed by atoms with Gasteiger partial charge in [-0.15, -0.1) is 5.06 Å². The molecule has 3 N–H and O–H groups in total. The number of epoxide rings is 1. The molecule has 9 atom stereocenters. The molecular formula is C46H63ClN4O17S3. The predicted molar refractivity (Wildman–Crippen MR) is 261 cm³/mol.